The number of thioether (sulfide) groups is 1. The van der Waals surface area contributed by atoms with Gasteiger partial charge in [0.2, 0.25) is 0 Å². The molecular formula is C11H14FNS. The number of halogens is 1. The highest BCUT2D eigenvalue weighted by Gasteiger charge is 1.98. The van der Waals surface area contributed by atoms with Crippen LogP contribution in [0.1, 0.15) is 5.56 Å². The number of hydrogen-bond donors (Lipinski definition) is 1. The van der Waals surface area contributed by atoms with Gasteiger partial charge < -0.3 is 5.73 Å². The fourth-order valence-corrected chi connectivity index (χ4v) is 1.57. The molecule has 0 saturated heterocycles. The summed E-state index contributed by atoms with van der Waals surface area (Å²) in [6, 6.07) is 8.08. The van der Waals surface area contributed by atoms with Crippen LogP contribution in [0.5, 0.6) is 0 Å². The van der Waals surface area contributed by atoms with Crippen molar-refractivity contribution in [3.05, 3.63) is 41.7 Å². The second-order valence-corrected chi connectivity index (χ2v) is 3.88. The van der Waals surface area contributed by atoms with Crippen LogP contribution in [-0.2, 0) is 6.42 Å². The van der Waals surface area contributed by atoms with Gasteiger partial charge >= 0.3 is 0 Å². The molecule has 76 valence electrons. The van der Waals surface area contributed by atoms with Crippen LogP contribution in [0, 0.1) is 0 Å². The van der Waals surface area contributed by atoms with Gasteiger partial charge in [0.15, 0.2) is 0 Å². The molecule has 1 aromatic carbocycles. The molecule has 2 N–H and O–H groups in total. The highest BCUT2D eigenvalue weighted by molar-refractivity contribution is 7.98. The molecule has 0 radical (unpaired) electrons. The lowest BCUT2D eigenvalue weighted by molar-refractivity contribution is 0.699. The van der Waals surface area contributed by atoms with E-state index in [4.69, 9.17) is 5.73 Å². The lowest BCUT2D eigenvalue weighted by Gasteiger charge is -2.03. The van der Waals surface area contributed by atoms with Crippen LogP contribution < -0.4 is 5.73 Å². The van der Waals surface area contributed by atoms with Crippen LogP contribution in [0.4, 0.5) is 4.39 Å². The summed E-state index contributed by atoms with van der Waals surface area (Å²) in [5, 5.41) is 0. The SMILES string of the molecule is CSc1ccc(C/C(=C/F)CN)cc1. The number of hydrogen-bond acceptors (Lipinski definition) is 2. The standard InChI is InChI=1S/C11H14FNS/c1-14-11-4-2-9(3-5-11)6-10(7-12)8-13/h2-5,7H,6,8,13H2,1H3/b10-7-. The maximum atomic E-state index is 12.2. The molecule has 0 heterocycles. The first-order valence-electron chi connectivity index (χ1n) is 4.41. The Balaban J connectivity index is 2.68. The van der Waals surface area contributed by atoms with Gasteiger partial charge in [-0.2, -0.15) is 0 Å². The lowest BCUT2D eigenvalue weighted by atomic mass is 10.1. The van der Waals surface area contributed by atoms with Crippen molar-refractivity contribution in [3.8, 4) is 0 Å². The first kappa shape index (κ1) is 11.3. The number of nitrogens with two attached hydrogens (primary N) is 1. The predicted octanol–water partition coefficient (Wildman–Crippen LogP) is 2.76. The first-order valence-corrected chi connectivity index (χ1v) is 5.63. The van der Waals surface area contributed by atoms with Crippen molar-refractivity contribution in [1.82, 2.24) is 0 Å². The van der Waals surface area contributed by atoms with E-state index < -0.39 is 0 Å². The monoisotopic (exact) mass is 211 g/mol. The molecule has 0 fully saturated rings. The van der Waals surface area contributed by atoms with Gasteiger partial charge in [0.05, 0.1) is 6.33 Å². The van der Waals surface area contributed by atoms with E-state index in [9.17, 15) is 4.39 Å². The Bertz CT molecular complexity index is 306. The van der Waals surface area contributed by atoms with E-state index in [0.717, 1.165) is 5.56 Å². The molecule has 14 heavy (non-hydrogen) atoms. The Morgan fingerprint density at radius 1 is 1.43 bits per heavy atom. The molecule has 0 saturated carbocycles. The summed E-state index contributed by atoms with van der Waals surface area (Å²) in [6.45, 7) is 0.279. The van der Waals surface area contributed by atoms with Crippen LogP contribution in [0.15, 0.2) is 41.1 Å². The quantitative estimate of drug-likeness (QED) is 0.775. The molecule has 0 amide bonds. The number of benzene rings is 1. The molecule has 1 nitrogen and oxygen atoms in total. The van der Waals surface area contributed by atoms with Gasteiger partial charge in [-0.05, 0) is 35.9 Å². The van der Waals surface area contributed by atoms with Crippen LogP contribution in [0.25, 0.3) is 0 Å². The Morgan fingerprint density at radius 3 is 2.50 bits per heavy atom. The fraction of sp³-hybridized carbons (Fsp3) is 0.273. The minimum Gasteiger partial charge on any atom is -0.327 e. The van der Waals surface area contributed by atoms with E-state index in [1.54, 1.807) is 11.8 Å². The van der Waals surface area contributed by atoms with Crippen LogP contribution in [0.2, 0.25) is 0 Å². The Labute approximate surface area is 88.2 Å². The van der Waals surface area contributed by atoms with Gasteiger partial charge in [0, 0.05) is 11.4 Å². The summed E-state index contributed by atoms with van der Waals surface area (Å²) in [4.78, 5) is 1.22. The molecule has 0 aliphatic heterocycles. The van der Waals surface area contributed by atoms with E-state index in [-0.39, 0.29) is 6.54 Å². The predicted molar refractivity (Wildman–Crippen MR) is 60.2 cm³/mol. The summed E-state index contributed by atoms with van der Waals surface area (Å²) < 4.78 is 12.2. The molecule has 1 rings (SSSR count). The van der Waals surface area contributed by atoms with Crippen LogP contribution in [0.3, 0.4) is 0 Å². The molecular weight excluding hydrogens is 197 g/mol. The summed E-state index contributed by atoms with van der Waals surface area (Å²) >= 11 is 1.69. The first-order chi connectivity index (χ1) is 6.80. The van der Waals surface area contributed by atoms with Crippen molar-refractivity contribution < 1.29 is 4.39 Å². The Hall–Kier alpha value is -0.800. The summed E-state index contributed by atoms with van der Waals surface area (Å²) in [7, 11) is 0. The zero-order valence-corrected chi connectivity index (χ0v) is 8.98. The smallest absolute Gasteiger partial charge is 0.0875 e. The molecule has 0 atom stereocenters. The molecule has 0 unspecified atom stereocenters. The molecule has 0 aromatic heterocycles. The molecule has 0 aliphatic carbocycles. The van der Waals surface area contributed by atoms with E-state index in [1.165, 1.54) is 4.90 Å². The summed E-state index contributed by atoms with van der Waals surface area (Å²) in [5.74, 6) is 0. The van der Waals surface area contributed by atoms with E-state index in [2.05, 4.69) is 0 Å². The summed E-state index contributed by atoms with van der Waals surface area (Å²) in [5.41, 5.74) is 7.10. The Kier molecular flexibility index (Phi) is 4.70. The van der Waals surface area contributed by atoms with E-state index in [0.29, 0.717) is 18.3 Å². The molecule has 0 bridgehead atoms. The highest BCUT2D eigenvalue weighted by atomic mass is 32.2. The fourth-order valence-electron chi connectivity index (χ4n) is 1.16. The van der Waals surface area contributed by atoms with E-state index in [1.807, 2.05) is 30.5 Å². The average molecular weight is 211 g/mol. The van der Waals surface area contributed by atoms with Gasteiger partial charge in [-0.25, -0.2) is 4.39 Å². The minimum absolute atomic E-state index is 0.279. The second kappa shape index (κ2) is 5.83. The third-order valence-electron chi connectivity index (χ3n) is 2.01. The Morgan fingerprint density at radius 2 is 2.07 bits per heavy atom. The lowest BCUT2D eigenvalue weighted by Crippen LogP contribution is -2.05. The third kappa shape index (κ3) is 3.16. The molecule has 0 spiro atoms. The largest absolute Gasteiger partial charge is 0.327 e. The normalized spacial score (nSPS) is 11.8. The highest BCUT2D eigenvalue weighted by Crippen LogP contribution is 2.16. The van der Waals surface area contributed by atoms with Gasteiger partial charge in [0.1, 0.15) is 0 Å². The van der Waals surface area contributed by atoms with Crippen molar-refractivity contribution in [2.45, 2.75) is 11.3 Å². The number of rotatable bonds is 4. The minimum atomic E-state index is 0.279. The van der Waals surface area contributed by atoms with Crippen LogP contribution in [-0.4, -0.2) is 12.8 Å². The maximum absolute atomic E-state index is 12.2. The zero-order chi connectivity index (χ0) is 10.4. The zero-order valence-electron chi connectivity index (χ0n) is 8.16. The van der Waals surface area contributed by atoms with Crippen molar-refractivity contribution in [2.75, 3.05) is 12.8 Å². The van der Waals surface area contributed by atoms with E-state index >= 15 is 0 Å². The second-order valence-electron chi connectivity index (χ2n) is 3.00. The molecule has 1 aromatic rings. The average Bonchev–Trinajstić information content (AvgIpc) is 2.26. The molecule has 0 aliphatic rings. The van der Waals surface area contributed by atoms with Crippen molar-refractivity contribution in [3.63, 3.8) is 0 Å². The summed E-state index contributed by atoms with van der Waals surface area (Å²) in [6.07, 6.45) is 3.23. The van der Waals surface area contributed by atoms with Gasteiger partial charge in [-0.15, -0.1) is 11.8 Å². The topological polar surface area (TPSA) is 26.0 Å². The van der Waals surface area contributed by atoms with Gasteiger partial charge in [0.25, 0.3) is 0 Å². The van der Waals surface area contributed by atoms with Gasteiger partial charge in [-0.1, -0.05) is 12.1 Å². The van der Waals surface area contributed by atoms with Crippen molar-refractivity contribution >= 4 is 11.8 Å². The van der Waals surface area contributed by atoms with Crippen molar-refractivity contribution in [1.29, 1.82) is 0 Å². The van der Waals surface area contributed by atoms with Gasteiger partial charge in [-0.3, -0.25) is 0 Å². The van der Waals surface area contributed by atoms with Crippen molar-refractivity contribution in [2.24, 2.45) is 5.73 Å². The molecule has 3 heteroatoms. The third-order valence-corrected chi connectivity index (χ3v) is 2.75. The maximum Gasteiger partial charge on any atom is 0.0875 e. The van der Waals surface area contributed by atoms with Crippen LogP contribution >= 0.6 is 11.8 Å².